The van der Waals surface area contributed by atoms with Crippen molar-refractivity contribution in [2.75, 3.05) is 6.61 Å². The fourth-order valence-electron chi connectivity index (χ4n) is 2.69. The van der Waals surface area contributed by atoms with Crippen molar-refractivity contribution in [2.24, 2.45) is 0 Å². The number of ether oxygens (including phenoxy) is 1. The maximum atomic E-state index is 13.6. The van der Waals surface area contributed by atoms with Crippen LogP contribution in [0.25, 0.3) is 0 Å². The minimum absolute atomic E-state index is 0.00905. The quantitative estimate of drug-likeness (QED) is 0.558. The van der Waals surface area contributed by atoms with Crippen molar-refractivity contribution in [1.29, 1.82) is 0 Å². The van der Waals surface area contributed by atoms with Crippen molar-refractivity contribution in [1.82, 2.24) is 15.3 Å². The van der Waals surface area contributed by atoms with Crippen LogP contribution in [0.3, 0.4) is 0 Å². The van der Waals surface area contributed by atoms with Crippen molar-refractivity contribution in [3.8, 4) is 0 Å². The predicted octanol–water partition coefficient (Wildman–Crippen LogP) is 3.57. The van der Waals surface area contributed by atoms with E-state index in [2.05, 4.69) is 43.8 Å². The molecular weight excluding hydrogens is 419 g/mol. The molecule has 3 atom stereocenters. The van der Waals surface area contributed by atoms with Crippen molar-refractivity contribution < 1.29 is 17.9 Å². The lowest BCUT2D eigenvalue weighted by Gasteiger charge is -2.15. The highest BCUT2D eigenvalue weighted by Crippen LogP contribution is 2.29. The van der Waals surface area contributed by atoms with E-state index < -0.39 is 17.5 Å². The van der Waals surface area contributed by atoms with Gasteiger partial charge in [0.15, 0.2) is 11.6 Å². The average molecular weight is 434 g/mol. The van der Waals surface area contributed by atoms with E-state index in [-0.39, 0.29) is 36.1 Å². The van der Waals surface area contributed by atoms with Gasteiger partial charge in [0.05, 0.1) is 23.7 Å². The van der Waals surface area contributed by atoms with Crippen molar-refractivity contribution in [3.63, 3.8) is 0 Å². The van der Waals surface area contributed by atoms with E-state index >= 15 is 0 Å². The van der Waals surface area contributed by atoms with Gasteiger partial charge in [-0.1, -0.05) is 0 Å². The van der Waals surface area contributed by atoms with Gasteiger partial charge in [-0.15, -0.1) is 0 Å². The summed E-state index contributed by atoms with van der Waals surface area (Å²) in [5, 5.41) is 3.34. The first-order chi connectivity index (χ1) is 11.9. The van der Waals surface area contributed by atoms with E-state index in [0.717, 1.165) is 10.5 Å². The lowest BCUT2D eigenvalue weighted by atomic mass is 10.2. The summed E-state index contributed by atoms with van der Waals surface area (Å²) in [4.78, 5) is 8.53. The molecule has 0 amide bonds. The summed E-state index contributed by atoms with van der Waals surface area (Å²) in [6.45, 7) is 0.139. The number of hydrogen-bond donors (Lipinski definition) is 2. The molecule has 1 aromatic heterocycles. The van der Waals surface area contributed by atoms with Crippen LogP contribution in [0.15, 0.2) is 29.0 Å². The van der Waals surface area contributed by atoms with E-state index in [1.807, 2.05) is 0 Å². The first-order valence-electron chi connectivity index (χ1n) is 7.56. The molecule has 9 heteroatoms. The van der Waals surface area contributed by atoms with Gasteiger partial charge in [0.1, 0.15) is 11.6 Å². The van der Waals surface area contributed by atoms with Gasteiger partial charge in [0, 0.05) is 35.3 Å². The minimum atomic E-state index is -1.21. The molecule has 1 fully saturated rings. The summed E-state index contributed by atoms with van der Waals surface area (Å²) in [5.74, 6) is -2.50. The minimum Gasteiger partial charge on any atom is -0.375 e. The zero-order valence-electron chi connectivity index (χ0n) is 12.9. The third kappa shape index (κ3) is 4.52. The van der Waals surface area contributed by atoms with Gasteiger partial charge in [-0.05, 0) is 28.4 Å². The second kappa shape index (κ2) is 8.03. The third-order valence-corrected chi connectivity index (χ3v) is 4.83. The Balaban J connectivity index is 1.55. The fourth-order valence-corrected chi connectivity index (χ4v) is 3.37. The fraction of sp³-hybridized carbons (Fsp3) is 0.375. The SMILES string of the molecule is Fc1cc(F)c(COCC2CC(S)[C@H](c3ncc(Br)cn3)N2)cc1F. The summed E-state index contributed by atoms with van der Waals surface area (Å²) in [5.41, 5.74) is -0.0212. The van der Waals surface area contributed by atoms with Gasteiger partial charge in [0.2, 0.25) is 0 Å². The van der Waals surface area contributed by atoms with Crippen LogP contribution in [-0.4, -0.2) is 27.9 Å². The largest absolute Gasteiger partial charge is 0.375 e. The Bertz CT molecular complexity index is 750. The van der Waals surface area contributed by atoms with Crippen LogP contribution in [0, 0.1) is 17.5 Å². The van der Waals surface area contributed by atoms with E-state index in [1.165, 1.54) is 0 Å². The van der Waals surface area contributed by atoms with Crippen LogP contribution in [0.2, 0.25) is 0 Å². The van der Waals surface area contributed by atoms with E-state index in [1.54, 1.807) is 12.4 Å². The lowest BCUT2D eigenvalue weighted by molar-refractivity contribution is 0.0996. The summed E-state index contributed by atoms with van der Waals surface area (Å²) < 4.78 is 45.9. The number of nitrogens with one attached hydrogen (secondary N) is 1. The Kier molecular flexibility index (Phi) is 5.98. The molecule has 1 N–H and O–H groups in total. The molecule has 0 spiro atoms. The first-order valence-corrected chi connectivity index (χ1v) is 8.87. The maximum absolute atomic E-state index is 13.6. The van der Waals surface area contributed by atoms with Gasteiger partial charge in [-0.25, -0.2) is 23.1 Å². The number of aromatic nitrogens is 2. The van der Waals surface area contributed by atoms with Crippen molar-refractivity contribution in [2.45, 2.75) is 30.4 Å². The number of thiol groups is 1. The Hall–Kier alpha value is -1.16. The van der Waals surface area contributed by atoms with Gasteiger partial charge in [0.25, 0.3) is 0 Å². The number of nitrogens with zero attached hydrogens (tertiary/aromatic N) is 2. The topological polar surface area (TPSA) is 47.0 Å². The smallest absolute Gasteiger partial charge is 0.161 e. The van der Waals surface area contributed by atoms with E-state index in [4.69, 9.17) is 4.74 Å². The zero-order valence-corrected chi connectivity index (χ0v) is 15.4. The molecule has 134 valence electrons. The van der Waals surface area contributed by atoms with Crippen LogP contribution < -0.4 is 5.32 Å². The predicted molar refractivity (Wildman–Crippen MR) is 92.8 cm³/mol. The van der Waals surface area contributed by atoms with Gasteiger partial charge < -0.3 is 10.1 Å². The van der Waals surface area contributed by atoms with Crippen molar-refractivity contribution >= 4 is 28.6 Å². The summed E-state index contributed by atoms with van der Waals surface area (Å²) in [6, 6.07) is 1.19. The van der Waals surface area contributed by atoms with Crippen LogP contribution in [0.1, 0.15) is 23.9 Å². The molecule has 1 saturated heterocycles. The van der Waals surface area contributed by atoms with E-state index in [0.29, 0.717) is 18.3 Å². The second-order valence-electron chi connectivity index (χ2n) is 5.78. The normalized spacial score (nSPS) is 23.2. The van der Waals surface area contributed by atoms with Gasteiger partial charge in [-0.3, -0.25) is 0 Å². The highest BCUT2D eigenvalue weighted by molar-refractivity contribution is 9.10. The third-order valence-electron chi connectivity index (χ3n) is 3.91. The summed E-state index contributed by atoms with van der Waals surface area (Å²) >= 11 is 7.84. The highest BCUT2D eigenvalue weighted by Gasteiger charge is 2.34. The molecule has 25 heavy (non-hydrogen) atoms. The highest BCUT2D eigenvalue weighted by atomic mass is 79.9. The molecular formula is C16H15BrF3N3OS. The molecule has 1 aliphatic heterocycles. The molecule has 0 bridgehead atoms. The Morgan fingerprint density at radius 1 is 1.16 bits per heavy atom. The van der Waals surface area contributed by atoms with Gasteiger partial charge >= 0.3 is 0 Å². The molecule has 2 aromatic rings. The average Bonchev–Trinajstić information content (AvgIpc) is 2.94. The van der Waals surface area contributed by atoms with E-state index in [9.17, 15) is 13.2 Å². The molecule has 2 unspecified atom stereocenters. The van der Waals surface area contributed by atoms with Gasteiger partial charge in [-0.2, -0.15) is 12.6 Å². The zero-order chi connectivity index (χ0) is 18.0. The molecule has 2 heterocycles. The molecule has 4 nitrogen and oxygen atoms in total. The number of rotatable bonds is 5. The maximum Gasteiger partial charge on any atom is 0.161 e. The Labute approximate surface area is 156 Å². The number of hydrogen-bond acceptors (Lipinski definition) is 5. The summed E-state index contributed by atoms with van der Waals surface area (Å²) in [6.07, 6.45) is 4.05. The molecule has 0 radical (unpaired) electrons. The number of halogens is 4. The summed E-state index contributed by atoms with van der Waals surface area (Å²) in [7, 11) is 0. The van der Waals surface area contributed by atoms with Crippen LogP contribution in [0.5, 0.6) is 0 Å². The molecule has 3 rings (SSSR count). The molecule has 1 aromatic carbocycles. The molecule has 1 aliphatic rings. The Morgan fingerprint density at radius 3 is 2.56 bits per heavy atom. The molecule has 0 aliphatic carbocycles. The number of benzene rings is 1. The van der Waals surface area contributed by atoms with Crippen LogP contribution in [-0.2, 0) is 11.3 Å². The van der Waals surface area contributed by atoms with Crippen molar-refractivity contribution in [3.05, 3.63) is 57.8 Å². The Morgan fingerprint density at radius 2 is 1.84 bits per heavy atom. The second-order valence-corrected chi connectivity index (χ2v) is 7.36. The van der Waals surface area contributed by atoms with Crippen LogP contribution >= 0.6 is 28.6 Å². The lowest BCUT2D eigenvalue weighted by Crippen LogP contribution is -2.30. The molecule has 0 saturated carbocycles. The monoisotopic (exact) mass is 433 g/mol. The standard InChI is InChI=1S/C16H15BrF3N3OS/c17-9-4-21-16(22-5-9)15-14(25)2-10(23-15)7-24-6-8-1-12(19)13(20)3-11(8)18/h1,3-5,10,14-15,23,25H,2,6-7H2/t10?,14?,15-/m1/s1. The van der Waals surface area contributed by atoms with Crippen LogP contribution in [0.4, 0.5) is 13.2 Å². The first kappa shape index (κ1) is 18.6.